The highest BCUT2D eigenvalue weighted by molar-refractivity contribution is 5.91. The van der Waals surface area contributed by atoms with E-state index in [1.807, 2.05) is 18.2 Å². The van der Waals surface area contributed by atoms with Gasteiger partial charge in [-0.15, -0.1) is 0 Å². The zero-order valence-corrected chi connectivity index (χ0v) is 11.6. The number of hydrogen-bond acceptors (Lipinski definition) is 3. The Kier molecular flexibility index (Phi) is 4.80. The Morgan fingerprint density at radius 3 is 2.89 bits per heavy atom. The van der Waals surface area contributed by atoms with E-state index in [4.69, 9.17) is 5.73 Å². The second kappa shape index (κ2) is 6.57. The molecule has 19 heavy (non-hydrogen) atoms. The third-order valence-corrected chi connectivity index (χ3v) is 3.69. The first-order valence-electron chi connectivity index (χ1n) is 6.97. The van der Waals surface area contributed by atoms with Gasteiger partial charge in [-0.05, 0) is 44.0 Å². The highest BCUT2D eigenvalue weighted by Crippen LogP contribution is 2.26. The van der Waals surface area contributed by atoms with Gasteiger partial charge in [0.2, 0.25) is 5.91 Å². The van der Waals surface area contributed by atoms with E-state index >= 15 is 0 Å². The van der Waals surface area contributed by atoms with Crippen LogP contribution in [0.1, 0.15) is 25.7 Å². The van der Waals surface area contributed by atoms with Crippen LogP contribution in [0.2, 0.25) is 0 Å². The molecule has 3 N–H and O–H groups in total. The highest BCUT2D eigenvalue weighted by atomic mass is 16.1. The zero-order chi connectivity index (χ0) is 13.7. The van der Waals surface area contributed by atoms with Gasteiger partial charge in [-0.2, -0.15) is 0 Å². The molecule has 1 aromatic carbocycles. The van der Waals surface area contributed by atoms with E-state index in [0.29, 0.717) is 12.1 Å². The smallest absolute Gasteiger partial charge is 0.225 e. The van der Waals surface area contributed by atoms with E-state index in [9.17, 15) is 4.79 Å². The van der Waals surface area contributed by atoms with Crippen molar-refractivity contribution in [2.75, 3.05) is 31.2 Å². The molecule has 4 nitrogen and oxygen atoms in total. The molecule has 2 rings (SSSR count). The Morgan fingerprint density at radius 2 is 2.26 bits per heavy atom. The third kappa shape index (κ3) is 4.56. The first-order chi connectivity index (χ1) is 9.13. The van der Waals surface area contributed by atoms with Gasteiger partial charge in [0, 0.05) is 30.9 Å². The molecule has 0 unspecified atom stereocenters. The number of benzene rings is 1. The predicted octanol–water partition coefficient (Wildman–Crippen LogP) is 2.33. The fourth-order valence-corrected chi connectivity index (χ4v) is 2.34. The van der Waals surface area contributed by atoms with Gasteiger partial charge >= 0.3 is 0 Å². The molecule has 0 atom stereocenters. The predicted molar refractivity (Wildman–Crippen MR) is 78.9 cm³/mol. The minimum Gasteiger partial charge on any atom is -0.399 e. The van der Waals surface area contributed by atoms with Gasteiger partial charge in [-0.1, -0.05) is 12.5 Å². The monoisotopic (exact) mass is 261 g/mol. The van der Waals surface area contributed by atoms with Crippen molar-refractivity contribution in [1.29, 1.82) is 0 Å². The summed E-state index contributed by atoms with van der Waals surface area (Å²) in [5.41, 5.74) is 7.11. The average Bonchev–Trinajstić information content (AvgIpc) is 2.31. The maximum absolute atomic E-state index is 11.8. The van der Waals surface area contributed by atoms with E-state index in [2.05, 4.69) is 17.3 Å². The van der Waals surface area contributed by atoms with Gasteiger partial charge in [0.15, 0.2) is 0 Å². The molecule has 0 bridgehead atoms. The third-order valence-electron chi connectivity index (χ3n) is 3.69. The summed E-state index contributed by atoms with van der Waals surface area (Å²) in [6, 6.07) is 7.28. The van der Waals surface area contributed by atoms with E-state index in [-0.39, 0.29) is 5.91 Å². The first kappa shape index (κ1) is 13.9. The van der Waals surface area contributed by atoms with Gasteiger partial charge in [0.1, 0.15) is 0 Å². The maximum atomic E-state index is 11.8. The zero-order valence-electron chi connectivity index (χ0n) is 11.6. The number of nitrogens with zero attached hydrogens (tertiary/aromatic N) is 1. The summed E-state index contributed by atoms with van der Waals surface area (Å²) in [6.45, 7) is 1.93. The molecule has 1 fully saturated rings. The minimum atomic E-state index is 0.0473. The van der Waals surface area contributed by atoms with Gasteiger partial charge < -0.3 is 16.0 Å². The second-order valence-corrected chi connectivity index (χ2v) is 5.48. The molecule has 1 amide bonds. The Hall–Kier alpha value is -1.55. The van der Waals surface area contributed by atoms with E-state index < -0.39 is 0 Å². The lowest BCUT2D eigenvalue weighted by Gasteiger charge is -2.29. The Balaban J connectivity index is 1.69. The number of carbonyl (C=O) groups is 1. The quantitative estimate of drug-likeness (QED) is 0.773. The van der Waals surface area contributed by atoms with Crippen molar-refractivity contribution in [2.24, 2.45) is 5.92 Å². The maximum Gasteiger partial charge on any atom is 0.225 e. The summed E-state index contributed by atoms with van der Waals surface area (Å²) in [4.78, 5) is 14.1. The van der Waals surface area contributed by atoms with Crippen LogP contribution in [-0.2, 0) is 4.79 Å². The summed E-state index contributed by atoms with van der Waals surface area (Å²) in [5, 5.41) is 2.87. The number of amides is 1. The van der Waals surface area contributed by atoms with Crippen LogP contribution in [0.25, 0.3) is 0 Å². The molecule has 0 radical (unpaired) electrons. The van der Waals surface area contributed by atoms with E-state index in [1.165, 1.54) is 19.3 Å². The molecule has 1 aliphatic rings. The molecule has 0 aliphatic heterocycles. The van der Waals surface area contributed by atoms with Crippen molar-refractivity contribution < 1.29 is 4.79 Å². The summed E-state index contributed by atoms with van der Waals surface area (Å²) in [6.07, 6.45) is 4.59. The van der Waals surface area contributed by atoms with Crippen LogP contribution in [-0.4, -0.2) is 30.9 Å². The van der Waals surface area contributed by atoms with Crippen molar-refractivity contribution in [3.8, 4) is 0 Å². The normalized spacial score (nSPS) is 15.3. The number of nitrogen functional groups attached to an aromatic ring is 1. The van der Waals surface area contributed by atoms with Gasteiger partial charge in [-0.25, -0.2) is 0 Å². The molecule has 0 saturated heterocycles. The second-order valence-electron chi connectivity index (χ2n) is 5.48. The van der Waals surface area contributed by atoms with Crippen LogP contribution in [0.4, 0.5) is 11.4 Å². The summed E-state index contributed by atoms with van der Waals surface area (Å²) in [7, 11) is 2.09. The standard InChI is InChI=1S/C15H23N3O/c1-18(11-12-4-2-5-12)9-8-15(19)17-14-7-3-6-13(16)10-14/h3,6-7,10,12H,2,4-5,8-9,11,16H2,1H3,(H,17,19). The van der Waals surface area contributed by atoms with Crippen LogP contribution in [0.3, 0.4) is 0 Å². The Bertz CT molecular complexity index is 429. The van der Waals surface area contributed by atoms with E-state index in [1.54, 1.807) is 6.07 Å². The van der Waals surface area contributed by atoms with Crippen molar-refractivity contribution in [1.82, 2.24) is 4.90 Å². The van der Waals surface area contributed by atoms with E-state index in [0.717, 1.165) is 24.7 Å². The van der Waals surface area contributed by atoms with Crippen molar-refractivity contribution >= 4 is 17.3 Å². The van der Waals surface area contributed by atoms with Crippen LogP contribution in [0, 0.1) is 5.92 Å². The lowest BCUT2D eigenvalue weighted by Crippen LogP contribution is -2.31. The lowest BCUT2D eigenvalue weighted by molar-refractivity contribution is -0.116. The Morgan fingerprint density at radius 1 is 1.47 bits per heavy atom. The SMILES string of the molecule is CN(CCC(=O)Nc1cccc(N)c1)CC1CCC1. The molecule has 4 heteroatoms. The van der Waals surface area contributed by atoms with Crippen LogP contribution < -0.4 is 11.1 Å². The average molecular weight is 261 g/mol. The molecular formula is C15H23N3O. The molecule has 1 aromatic rings. The van der Waals surface area contributed by atoms with Crippen molar-refractivity contribution in [3.05, 3.63) is 24.3 Å². The largest absolute Gasteiger partial charge is 0.399 e. The molecule has 0 spiro atoms. The molecule has 1 aliphatic carbocycles. The number of hydrogen-bond donors (Lipinski definition) is 2. The fourth-order valence-electron chi connectivity index (χ4n) is 2.34. The molecule has 1 saturated carbocycles. The first-order valence-corrected chi connectivity index (χ1v) is 6.97. The fraction of sp³-hybridized carbons (Fsp3) is 0.533. The van der Waals surface area contributed by atoms with Gasteiger partial charge in [0.25, 0.3) is 0 Å². The van der Waals surface area contributed by atoms with Gasteiger partial charge in [-0.3, -0.25) is 4.79 Å². The number of rotatable bonds is 6. The summed E-state index contributed by atoms with van der Waals surface area (Å²) >= 11 is 0. The topological polar surface area (TPSA) is 58.4 Å². The number of carbonyl (C=O) groups excluding carboxylic acids is 1. The minimum absolute atomic E-state index is 0.0473. The number of anilines is 2. The lowest BCUT2D eigenvalue weighted by atomic mass is 9.85. The molecule has 0 heterocycles. The highest BCUT2D eigenvalue weighted by Gasteiger charge is 2.19. The Labute approximate surface area is 115 Å². The number of nitrogens with one attached hydrogen (secondary N) is 1. The van der Waals surface area contributed by atoms with Crippen molar-refractivity contribution in [2.45, 2.75) is 25.7 Å². The summed E-state index contributed by atoms with van der Waals surface area (Å²) < 4.78 is 0. The van der Waals surface area contributed by atoms with Crippen LogP contribution in [0.15, 0.2) is 24.3 Å². The van der Waals surface area contributed by atoms with Gasteiger partial charge in [0.05, 0.1) is 0 Å². The van der Waals surface area contributed by atoms with Crippen LogP contribution in [0.5, 0.6) is 0 Å². The van der Waals surface area contributed by atoms with Crippen molar-refractivity contribution in [3.63, 3.8) is 0 Å². The summed E-state index contributed by atoms with van der Waals surface area (Å²) in [5.74, 6) is 0.896. The molecule has 104 valence electrons. The van der Waals surface area contributed by atoms with Crippen LogP contribution >= 0.6 is 0 Å². The molecule has 0 aromatic heterocycles. The molecular weight excluding hydrogens is 238 g/mol. The number of nitrogens with two attached hydrogens (primary N) is 1.